The summed E-state index contributed by atoms with van der Waals surface area (Å²) in [6.45, 7) is 5.86. The maximum absolute atomic E-state index is 13.6. The number of aromatic nitrogens is 1. The van der Waals surface area contributed by atoms with Crippen LogP contribution < -0.4 is 15.1 Å². The van der Waals surface area contributed by atoms with Crippen LogP contribution in [0.5, 0.6) is 5.75 Å². The molecule has 0 bridgehead atoms. The average molecular weight is 465 g/mol. The van der Waals surface area contributed by atoms with Gasteiger partial charge in [0.05, 0.1) is 22.7 Å². The molecule has 2 aromatic carbocycles. The fraction of sp³-hybridized carbons (Fsp3) is 0.125. The fourth-order valence-electron chi connectivity index (χ4n) is 3.84. The van der Waals surface area contributed by atoms with Crippen molar-refractivity contribution in [2.45, 2.75) is 13.0 Å². The first-order valence-electron chi connectivity index (χ1n) is 9.83. The highest BCUT2D eigenvalue weighted by molar-refractivity contribution is 7.14. The molecule has 5 rings (SSSR count). The first kappa shape index (κ1) is 20.5. The zero-order valence-corrected chi connectivity index (χ0v) is 18.6. The maximum Gasteiger partial charge on any atom is 0.297 e. The Bertz CT molecular complexity index is 1440. The molecule has 2 aromatic heterocycles. The Morgan fingerprint density at radius 3 is 2.88 bits per heavy atom. The quantitative estimate of drug-likeness (QED) is 0.363. The van der Waals surface area contributed by atoms with Gasteiger partial charge in [-0.15, -0.1) is 11.3 Å². The predicted molar refractivity (Wildman–Crippen MR) is 125 cm³/mol. The number of fused-ring (bicyclic) bond motifs is 2. The Kier molecular flexibility index (Phi) is 5.07. The van der Waals surface area contributed by atoms with E-state index < -0.39 is 11.9 Å². The number of carbonyl (C=O) groups is 1. The van der Waals surface area contributed by atoms with Crippen molar-refractivity contribution >= 4 is 44.9 Å². The van der Waals surface area contributed by atoms with Gasteiger partial charge in [0.15, 0.2) is 10.6 Å². The Morgan fingerprint density at radius 1 is 1.28 bits per heavy atom. The Hall–Kier alpha value is -3.42. The number of rotatable bonds is 5. The first-order valence-corrected chi connectivity index (χ1v) is 11.1. The van der Waals surface area contributed by atoms with E-state index in [9.17, 15) is 9.59 Å². The highest BCUT2D eigenvalue weighted by atomic mass is 35.5. The maximum atomic E-state index is 13.6. The van der Waals surface area contributed by atoms with Crippen LogP contribution in [-0.4, -0.2) is 17.5 Å². The largest absolute Gasteiger partial charge is 0.490 e. The molecule has 1 aliphatic heterocycles. The van der Waals surface area contributed by atoms with E-state index >= 15 is 0 Å². The van der Waals surface area contributed by atoms with Crippen molar-refractivity contribution in [3.05, 3.63) is 98.3 Å². The summed E-state index contributed by atoms with van der Waals surface area (Å²) in [5.74, 6) is 0.206. The number of ether oxygens (including phenoxy) is 1. The number of hydrogen-bond acceptors (Lipinski definition) is 6. The molecule has 0 radical (unpaired) electrons. The monoisotopic (exact) mass is 464 g/mol. The van der Waals surface area contributed by atoms with E-state index in [4.69, 9.17) is 20.8 Å². The number of amides is 1. The van der Waals surface area contributed by atoms with Crippen LogP contribution in [0.1, 0.15) is 33.4 Å². The molecule has 1 atom stereocenters. The third kappa shape index (κ3) is 3.30. The van der Waals surface area contributed by atoms with Crippen molar-refractivity contribution in [1.82, 2.24) is 4.98 Å². The van der Waals surface area contributed by atoms with Gasteiger partial charge in [0.2, 0.25) is 5.76 Å². The number of carbonyl (C=O) groups excluding carboxylic acids is 1. The molecule has 32 heavy (non-hydrogen) atoms. The van der Waals surface area contributed by atoms with Gasteiger partial charge in [-0.1, -0.05) is 36.4 Å². The van der Waals surface area contributed by atoms with Crippen molar-refractivity contribution in [1.29, 1.82) is 0 Å². The number of nitrogens with zero attached hydrogens (tertiary/aromatic N) is 2. The van der Waals surface area contributed by atoms with E-state index in [-0.39, 0.29) is 16.8 Å². The standard InChI is InChI=1S/C24H17ClN2O4S/c1-3-9-30-16-6-4-5-14(10-16)20-19-21(28)17-11-15(25)7-8-18(17)31-22(19)23(29)27(20)24-26-13(2)12-32-24/h3-8,10-12,20H,1,9H2,2H3. The molecule has 0 fully saturated rings. The second-order valence-electron chi connectivity index (χ2n) is 7.34. The van der Waals surface area contributed by atoms with E-state index in [1.165, 1.54) is 16.2 Å². The van der Waals surface area contributed by atoms with E-state index in [1.54, 1.807) is 24.3 Å². The smallest absolute Gasteiger partial charge is 0.297 e. The van der Waals surface area contributed by atoms with Crippen LogP contribution in [0.2, 0.25) is 5.02 Å². The van der Waals surface area contributed by atoms with Gasteiger partial charge in [-0.05, 0) is 42.8 Å². The molecule has 0 aliphatic carbocycles. The molecule has 6 nitrogen and oxygen atoms in total. The molecular formula is C24H17ClN2O4S. The molecule has 0 spiro atoms. The topological polar surface area (TPSA) is 72.6 Å². The number of thiazole rings is 1. The summed E-state index contributed by atoms with van der Waals surface area (Å²) in [5, 5.41) is 3.09. The summed E-state index contributed by atoms with van der Waals surface area (Å²) < 4.78 is 11.6. The summed E-state index contributed by atoms with van der Waals surface area (Å²) in [5.41, 5.74) is 1.77. The lowest BCUT2D eigenvalue weighted by molar-refractivity contribution is 0.0971. The minimum atomic E-state index is -0.713. The summed E-state index contributed by atoms with van der Waals surface area (Å²) in [6.07, 6.45) is 1.65. The molecule has 0 saturated heterocycles. The van der Waals surface area contributed by atoms with E-state index in [0.29, 0.717) is 39.0 Å². The van der Waals surface area contributed by atoms with Gasteiger partial charge in [0.25, 0.3) is 5.91 Å². The van der Waals surface area contributed by atoms with E-state index in [0.717, 1.165) is 5.69 Å². The molecule has 0 saturated carbocycles. The third-order valence-electron chi connectivity index (χ3n) is 5.19. The van der Waals surface area contributed by atoms with Gasteiger partial charge >= 0.3 is 0 Å². The minimum absolute atomic E-state index is 0.0140. The SMILES string of the molecule is C=CCOc1cccc(C2c3c(oc4ccc(Cl)cc4c3=O)C(=O)N2c2nc(C)cs2)c1. The Morgan fingerprint density at radius 2 is 2.12 bits per heavy atom. The zero-order chi connectivity index (χ0) is 22.4. The van der Waals surface area contributed by atoms with Crippen LogP contribution in [0, 0.1) is 6.92 Å². The summed E-state index contributed by atoms with van der Waals surface area (Å²) >= 11 is 7.46. The highest BCUT2D eigenvalue weighted by Gasteiger charge is 2.45. The van der Waals surface area contributed by atoms with Gasteiger partial charge in [0.1, 0.15) is 17.9 Å². The van der Waals surface area contributed by atoms with E-state index in [2.05, 4.69) is 11.6 Å². The molecule has 160 valence electrons. The van der Waals surface area contributed by atoms with Crippen LogP contribution in [-0.2, 0) is 0 Å². The molecule has 3 heterocycles. The van der Waals surface area contributed by atoms with Crippen molar-refractivity contribution < 1.29 is 13.9 Å². The number of benzene rings is 2. The molecular weight excluding hydrogens is 448 g/mol. The molecule has 0 N–H and O–H groups in total. The second kappa shape index (κ2) is 7.93. The van der Waals surface area contributed by atoms with Crippen molar-refractivity contribution in [2.24, 2.45) is 0 Å². The molecule has 8 heteroatoms. The molecule has 1 aliphatic rings. The van der Waals surface area contributed by atoms with Gasteiger partial charge in [-0.25, -0.2) is 4.98 Å². The Labute approximate surface area is 192 Å². The van der Waals surface area contributed by atoms with Crippen molar-refractivity contribution in [3.63, 3.8) is 0 Å². The van der Waals surface area contributed by atoms with Crippen LogP contribution in [0.4, 0.5) is 5.13 Å². The fourth-order valence-corrected chi connectivity index (χ4v) is 4.84. The van der Waals surface area contributed by atoms with E-state index in [1.807, 2.05) is 36.6 Å². The second-order valence-corrected chi connectivity index (χ2v) is 8.61. The van der Waals surface area contributed by atoms with Gasteiger partial charge in [-0.2, -0.15) is 0 Å². The lowest BCUT2D eigenvalue weighted by atomic mass is 9.98. The summed E-state index contributed by atoms with van der Waals surface area (Å²) in [7, 11) is 0. The van der Waals surface area contributed by atoms with Crippen LogP contribution in [0.3, 0.4) is 0 Å². The van der Waals surface area contributed by atoms with Crippen LogP contribution >= 0.6 is 22.9 Å². The lowest BCUT2D eigenvalue weighted by Gasteiger charge is -2.23. The minimum Gasteiger partial charge on any atom is -0.490 e. The first-order chi connectivity index (χ1) is 15.5. The average Bonchev–Trinajstić information content (AvgIpc) is 3.34. The number of hydrogen-bond donors (Lipinski definition) is 0. The molecule has 4 aromatic rings. The van der Waals surface area contributed by atoms with Crippen molar-refractivity contribution in [2.75, 3.05) is 11.5 Å². The predicted octanol–water partition coefficient (Wildman–Crippen LogP) is 5.53. The highest BCUT2D eigenvalue weighted by Crippen LogP contribution is 2.42. The lowest BCUT2D eigenvalue weighted by Crippen LogP contribution is -2.29. The number of aryl methyl sites for hydroxylation is 1. The van der Waals surface area contributed by atoms with Gasteiger partial charge in [0, 0.05) is 10.4 Å². The van der Waals surface area contributed by atoms with Crippen LogP contribution in [0.25, 0.3) is 11.0 Å². The van der Waals surface area contributed by atoms with Gasteiger partial charge in [-0.3, -0.25) is 14.5 Å². The number of anilines is 1. The van der Waals surface area contributed by atoms with Crippen molar-refractivity contribution in [3.8, 4) is 5.75 Å². The summed E-state index contributed by atoms with van der Waals surface area (Å²) in [4.78, 5) is 33.1. The zero-order valence-electron chi connectivity index (χ0n) is 17.0. The van der Waals surface area contributed by atoms with Crippen LogP contribution in [0.15, 0.2) is 69.7 Å². The number of halogens is 1. The van der Waals surface area contributed by atoms with Gasteiger partial charge < -0.3 is 9.15 Å². The summed E-state index contributed by atoms with van der Waals surface area (Å²) in [6, 6.07) is 11.4. The Balaban J connectivity index is 1.77. The normalized spacial score (nSPS) is 15.2. The third-order valence-corrected chi connectivity index (χ3v) is 6.38. The molecule has 1 amide bonds. The molecule has 1 unspecified atom stereocenters.